The average Bonchev–Trinajstić information content (AvgIpc) is 2.91. The molecule has 106 valence electrons. The molecule has 0 aliphatic carbocycles. The van der Waals surface area contributed by atoms with Crippen LogP contribution in [0.1, 0.15) is 6.92 Å². The molecule has 5 nitrogen and oxygen atoms in total. The molecule has 0 saturated carbocycles. The van der Waals surface area contributed by atoms with Gasteiger partial charge in [0, 0.05) is 18.0 Å². The van der Waals surface area contributed by atoms with Crippen LogP contribution >= 0.6 is 0 Å². The summed E-state index contributed by atoms with van der Waals surface area (Å²) in [6.45, 7) is 2.51. The summed E-state index contributed by atoms with van der Waals surface area (Å²) in [5.74, 6) is 1.66. The molecular formula is C16H15N3O2. The Kier molecular flexibility index (Phi) is 3.55. The van der Waals surface area contributed by atoms with Crippen LogP contribution in [0.25, 0.3) is 22.5 Å². The summed E-state index contributed by atoms with van der Waals surface area (Å²) in [4.78, 5) is 4.12. The van der Waals surface area contributed by atoms with Crippen LogP contribution in [-0.4, -0.2) is 16.7 Å². The molecule has 0 aliphatic rings. The summed E-state index contributed by atoms with van der Waals surface area (Å²) in [6.07, 6.45) is 3.44. The number of aromatic nitrogens is 2. The number of nitrogens with two attached hydrogens (primary N) is 1. The minimum absolute atomic E-state index is 0.337. The summed E-state index contributed by atoms with van der Waals surface area (Å²) in [7, 11) is 0. The van der Waals surface area contributed by atoms with Gasteiger partial charge in [0.05, 0.1) is 17.7 Å². The van der Waals surface area contributed by atoms with Crippen LogP contribution < -0.4 is 10.5 Å². The SMILES string of the molecule is CCOc1ccccc1-c1onc(N)c1-c1cccnc1. The molecule has 2 aromatic heterocycles. The van der Waals surface area contributed by atoms with E-state index in [0.29, 0.717) is 18.2 Å². The Morgan fingerprint density at radius 3 is 2.81 bits per heavy atom. The van der Waals surface area contributed by atoms with Crippen LogP contribution in [0.4, 0.5) is 5.82 Å². The van der Waals surface area contributed by atoms with Crippen molar-refractivity contribution < 1.29 is 9.26 Å². The first-order valence-electron chi connectivity index (χ1n) is 6.69. The Hall–Kier alpha value is -2.82. The number of ether oxygens (including phenoxy) is 1. The van der Waals surface area contributed by atoms with Crippen LogP contribution in [0.3, 0.4) is 0 Å². The maximum absolute atomic E-state index is 5.96. The maximum Gasteiger partial charge on any atom is 0.180 e. The topological polar surface area (TPSA) is 74.2 Å². The van der Waals surface area contributed by atoms with Gasteiger partial charge in [0.25, 0.3) is 0 Å². The molecule has 0 atom stereocenters. The zero-order valence-electron chi connectivity index (χ0n) is 11.6. The largest absolute Gasteiger partial charge is 0.493 e. The van der Waals surface area contributed by atoms with Gasteiger partial charge in [0.1, 0.15) is 5.75 Å². The molecule has 2 heterocycles. The highest BCUT2D eigenvalue weighted by atomic mass is 16.5. The second-order valence-corrected chi connectivity index (χ2v) is 4.44. The molecule has 0 unspecified atom stereocenters. The second-order valence-electron chi connectivity index (χ2n) is 4.44. The first-order chi connectivity index (χ1) is 10.3. The fraction of sp³-hybridized carbons (Fsp3) is 0.125. The lowest BCUT2D eigenvalue weighted by Crippen LogP contribution is -1.94. The summed E-state index contributed by atoms with van der Waals surface area (Å²) < 4.78 is 11.1. The average molecular weight is 281 g/mol. The molecule has 0 amide bonds. The van der Waals surface area contributed by atoms with Gasteiger partial charge in [0.2, 0.25) is 0 Å². The number of rotatable bonds is 4. The molecule has 3 rings (SSSR count). The molecule has 21 heavy (non-hydrogen) atoms. The van der Waals surface area contributed by atoms with Crippen molar-refractivity contribution in [3.8, 4) is 28.2 Å². The smallest absolute Gasteiger partial charge is 0.180 e. The van der Waals surface area contributed by atoms with Gasteiger partial charge in [-0.1, -0.05) is 23.4 Å². The molecule has 0 fully saturated rings. The van der Waals surface area contributed by atoms with Gasteiger partial charge < -0.3 is 15.0 Å². The van der Waals surface area contributed by atoms with Crippen molar-refractivity contribution in [1.29, 1.82) is 0 Å². The van der Waals surface area contributed by atoms with E-state index < -0.39 is 0 Å². The van der Waals surface area contributed by atoms with E-state index in [1.807, 2.05) is 43.3 Å². The Bertz CT molecular complexity index is 738. The number of anilines is 1. The van der Waals surface area contributed by atoms with Gasteiger partial charge in [-0.3, -0.25) is 4.98 Å². The van der Waals surface area contributed by atoms with E-state index in [1.165, 1.54) is 0 Å². The molecule has 0 bridgehead atoms. The van der Waals surface area contributed by atoms with Gasteiger partial charge in [-0.25, -0.2) is 0 Å². The Morgan fingerprint density at radius 2 is 2.05 bits per heavy atom. The fourth-order valence-corrected chi connectivity index (χ4v) is 2.21. The quantitative estimate of drug-likeness (QED) is 0.793. The summed E-state index contributed by atoms with van der Waals surface area (Å²) in [6, 6.07) is 11.4. The third-order valence-corrected chi connectivity index (χ3v) is 3.10. The minimum atomic E-state index is 0.337. The van der Waals surface area contributed by atoms with Crippen LogP contribution in [-0.2, 0) is 0 Å². The lowest BCUT2D eigenvalue weighted by molar-refractivity contribution is 0.339. The summed E-state index contributed by atoms with van der Waals surface area (Å²) in [5, 5.41) is 3.89. The summed E-state index contributed by atoms with van der Waals surface area (Å²) in [5.41, 5.74) is 8.37. The van der Waals surface area contributed by atoms with Crippen molar-refractivity contribution in [2.45, 2.75) is 6.92 Å². The molecule has 2 N–H and O–H groups in total. The van der Waals surface area contributed by atoms with Gasteiger partial charge >= 0.3 is 0 Å². The van der Waals surface area contributed by atoms with Crippen LogP contribution in [0.5, 0.6) is 5.75 Å². The van der Waals surface area contributed by atoms with Crippen molar-refractivity contribution in [3.05, 3.63) is 48.8 Å². The standard InChI is InChI=1S/C16H15N3O2/c1-2-20-13-8-4-3-7-12(13)15-14(16(17)19-21-15)11-6-5-9-18-10-11/h3-10H,2H2,1H3,(H2,17,19). The normalized spacial score (nSPS) is 10.5. The molecular weight excluding hydrogens is 266 g/mol. The molecule has 0 spiro atoms. The van der Waals surface area contributed by atoms with E-state index in [-0.39, 0.29) is 0 Å². The van der Waals surface area contributed by atoms with E-state index in [1.54, 1.807) is 12.4 Å². The Labute approximate surface area is 122 Å². The van der Waals surface area contributed by atoms with Crippen molar-refractivity contribution in [2.24, 2.45) is 0 Å². The maximum atomic E-state index is 5.96. The zero-order valence-corrected chi connectivity index (χ0v) is 11.6. The van der Waals surface area contributed by atoms with E-state index in [0.717, 1.165) is 22.4 Å². The van der Waals surface area contributed by atoms with Crippen LogP contribution in [0.15, 0.2) is 53.3 Å². The number of hydrogen-bond donors (Lipinski definition) is 1. The predicted molar refractivity (Wildman–Crippen MR) is 80.8 cm³/mol. The predicted octanol–water partition coefficient (Wildman–Crippen LogP) is 3.38. The molecule has 0 saturated heterocycles. The van der Waals surface area contributed by atoms with Crippen LogP contribution in [0, 0.1) is 0 Å². The molecule has 0 radical (unpaired) electrons. The van der Waals surface area contributed by atoms with E-state index in [2.05, 4.69) is 10.1 Å². The van der Waals surface area contributed by atoms with Crippen molar-refractivity contribution in [3.63, 3.8) is 0 Å². The highest BCUT2D eigenvalue weighted by molar-refractivity contribution is 5.87. The molecule has 5 heteroatoms. The third kappa shape index (κ3) is 2.45. The Morgan fingerprint density at radius 1 is 1.19 bits per heavy atom. The van der Waals surface area contributed by atoms with Crippen molar-refractivity contribution in [1.82, 2.24) is 10.1 Å². The van der Waals surface area contributed by atoms with Gasteiger partial charge in [0.15, 0.2) is 11.6 Å². The number of benzene rings is 1. The fourth-order valence-electron chi connectivity index (χ4n) is 2.21. The van der Waals surface area contributed by atoms with Crippen LogP contribution in [0.2, 0.25) is 0 Å². The van der Waals surface area contributed by atoms with Gasteiger partial charge in [-0.05, 0) is 25.1 Å². The molecule has 0 aliphatic heterocycles. The lowest BCUT2D eigenvalue weighted by atomic mass is 10.0. The lowest BCUT2D eigenvalue weighted by Gasteiger charge is -2.09. The Balaban J connectivity index is 2.17. The molecule has 3 aromatic rings. The van der Waals surface area contributed by atoms with Gasteiger partial charge in [-0.15, -0.1) is 0 Å². The van der Waals surface area contributed by atoms with E-state index >= 15 is 0 Å². The number of para-hydroxylation sites is 1. The van der Waals surface area contributed by atoms with E-state index in [4.69, 9.17) is 15.0 Å². The number of nitrogens with zero attached hydrogens (tertiary/aromatic N) is 2. The highest BCUT2D eigenvalue weighted by Crippen LogP contribution is 2.40. The third-order valence-electron chi connectivity index (χ3n) is 3.10. The van der Waals surface area contributed by atoms with Gasteiger partial charge in [-0.2, -0.15) is 0 Å². The first kappa shape index (κ1) is 13.2. The zero-order chi connectivity index (χ0) is 14.7. The summed E-state index contributed by atoms with van der Waals surface area (Å²) >= 11 is 0. The number of pyridine rings is 1. The second kappa shape index (κ2) is 5.66. The number of hydrogen-bond acceptors (Lipinski definition) is 5. The molecule has 1 aromatic carbocycles. The minimum Gasteiger partial charge on any atom is -0.493 e. The number of nitrogen functional groups attached to an aromatic ring is 1. The van der Waals surface area contributed by atoms with E-state index in [9.17, 15) is 0 Å². The highest BCUT2D eigenvalue weighted by Gasteiger charge is 2.20. The first-order valence-corrected chi connectivity index (χ1v) is 6.69. The van der Waals surface area contributed by atoms with Crippen molar-refractivity contribution in [2.75, 3.05) is 12.3 Å². The monoisotopic (exact) mass is 281 g/mol. The van der Waals surface area contributed by atoms with Crippen molar-refractivity contribution >= 4 is 5.82 Å².